The first-order valence-corrected chi connectivity index (χ1v) is 4.50. The van der Waals surface area contributed by atoms with Crippen LogP contribution in [0.2, 0.25) is 0 Å². The van der Waals surface area contributed by atoms with Gasteiger partial charge in [0.05, 0.1) is 13.2 Å². The predicted octanol–water partition coefficient (Wildman–Crippen LogP) is 0.119. The first kappa shape index (κ1) is 9.96. The van der Waals surface area contributed by atoms with Crippen LogP contribution < -0.4 is 5.32 Å². The zero-order valence-electron chi connectivity index (χ0n) is 7.93. The number of rotatable bonds is 5. The van der Waals surface area contributed by atoms with Crippen LogP contribution in [0, 0.1) is 5.41 Å². The van der Waals surface area contributed by atoms with E-state index in [-0.39, 0.29) is 24.2 Å². The Morgan fingerprint density at radius 1 is 1.33 bits per heavy atom. The molecule has 1 aliphatic rings. The molecule has 3 heteroatoms. The summed E-state index contributed by atoms with van der Waals surface area (Å²) in [7, 11) is 0. The van der Waals surface area contributed by atoms with Gasteiger partial charge in [-0.05, 0) is 19.8 Å². The van der Waals surface area contributed by atoms with Crippen molar-refractivity contribution in [1.82, 2.24) is 5.32 Å². The molecule has 3 N–H and O–H groups in total. The molecule has 12 heavy (non-hydrogen) atoms. The average Bonchev–Trinajstić information content (AvgIpc) is 2.81. The lowest BCUT2D eigenvalue weighted by atomic mass is 9.92. The summed E-state index contributed by atoms with van der Waals surface area (Å²) in [5.41, 5.74) is -0.0861. The standard InChI is InChI=1S/C9H19NO2/c1-8(6-11,7-12)5-10-9(2)3-4-9/h10-12H,3-7H2,1-2H3. The third-order valence-corrected chi connectivity index (χ3v) is 2.71. The van der Waals surface area contributed by atoms with Crippen LogP contribution in [-0.4, -0.2) is 35.5 Å². The second kappa shape index (κ2) is 3.32. The SMILES string of the molecule is CC(CO)(CO)CNC1(C)CC1. The van der Waals surface area contributed by atoms with Crippen molar-refractivity contribution in [2.24, 2.45) is 5.41 Å². The van der Waals surface area contributed by atoms with Gasteiger partial charge in [0.2, 0.25) is 0 Å². The van der Waals surface area contributed by atoms with E-state index in [1.54, 1.807) is 0 Å². The number of nitrogens with one attached hydrogen (secondary N) is 1. The Bertz CT molecular complexity index is 151. The lowest BCUT2D eigenvalue weighted by molar-refractivity contribution is 0.0670. The van der Waals surface area contributed by atoms with Crippen molar-refractivity contribution in [2.75, 3.05) is 19.8 Å². The average molecular weight is 173 g/mol. The Morgan fingerprint density at radius 2 is 1.83 bits per heavy atom. The summed E-state index contributed by atoms with van der Waals surface area (Å²) in [6.45, 7) is 4.81. The van der Waals surface area contributed by atoms with E-state index >= 15 is 0 Å². The molecule has 1 rings (SSSR count). The Kier molecular flexibility index (Phi) is 2.76. The molecule has 1 saturated carbocycles. The molecule has 0 saturated heterocycles. The van der Waals surface area contributed by atoms with Crippen LogP contribution in [0.15, 0.2) is 0 Å². The second-order valence-corrected chi connectivity index (χ2v) is 4.54. The maximum atomic E-state index is 9.00. The van der Waals surface area contributed by atoms with Gasteiger partial charge in [0, 0.05) is 17.5 Å². The fraction of sp³-hybridized carbons (Fsp3) is 1.00. The molecule has 0 bridgehead atoms. The summed E-state index contributed by atoms with van der Waals surface area (Å²) < 4.78 is 0. The first-order valence-electron chi connectivity index (χ1n) is 4.50. The molecule has 3 nitrogen and oxygen atoms in total. The first-order chi connectivity index (χ1) is 5.54. The van der Waals surface area contributed by atoms with Crippen molar-refractivity contribution < 1.29 is 10.2 Å². The fourth-order valence-electron chi connectivity index (χ4n) is 0.953. The quantitative estimate of drug-likeness (QED) is 0.553. The predicted molar refractivity (Wildman–Crippen MR) is 47.9 cm³/mol. The van der Waals surface area contributed by atoms with Crippen molar-refractivity contribution in [1.29, 1.82) is 0 Å². The monoisotopic (exact) mass is 173 g/mol. The Labute approximate surface area is 73.8 Å². The van der Waals surface area contributed by atoms with E-state index in [1.807, 2.05) is 6.92 Å². The van der Waals surface area contributed by atoms with Gasteiger partial charge in [-0.1, -0.05) is 6.92 Å². The molecule has 0 aliphatic heterocycles. The van der Waals surface area contributed by atoms with Crippen molar-refractivity contribution in [3.8, 4) is 0 Å². The highest BCUT2D eigenvalue weighted by Gasteiger charge is 2.38. The van der Waals surface area contributed by atoms with Gasteiger partial charge in [0.25, 0.3) is 0 Å². The minimum absolute atomic E-state index is 0.0343. The molecular weight excluding hydrogens is 154 g/mol. The Morgan fingerprint density at radius 3 is 2.17 bits per heavy atom. The van der Waals surface area contributed by atoms with Crippen LogP contribution in [0.4, 0.5) is 0 Å². The van der Waals surface area contributed by atoms with Gasteiger partial charge < -0.3 is 15.5 Å². The van der Waals surface area contributed by atoms with Crippen LogP contribution in [0.25, 0.3) is 0 Å². The number of hydrogen-bond donors (Lipinski definition) is 3. The zero-order chi connectivity index (χ0) is 9.24. The van der Waals surface area contributed by atoms with Crippen LogP contribution in [0.3, 0.4) is 0 Å². The minimum atomic E-state index is -0.369. The number of hydrogen-bond acceptors (Lipinski definition) is 3. The van der Waals surface area contributed by atoms with Gasteiger partial charge in [0.15, 0.2) is 0 Å². The minimum Gasteiger partial charge on any atom is -0.396 e. The third kappa shape index (κ3) is 2.44. The highest BCUT2D eigenvalue weighted by atomic mass is 16.3. The van der Waals surface area contributed by atoms with E-state index in [9.17, 15) is 0 Å². The lowest BCUT2D eigenvalue weighted by Crippen LogP contribution is -2.42. The normalized spacial score (nSPS) is 21.0. The van der Waals surface area contributed by atoms with E-state index in [0.717, 1.165) is 0 Å². The van der Waals surface area contributed by atoms with E-state index in [1.165, 1.54) is 12.8 Å². The molecule has 0 spiro atoms. The summed E-state index contributed by atoms with van der Waals surface area (Å²) in [6, 6.07) is 0. The van der Waals surface area contributed by atoms with E-state index in [2.05, 4.69) is 12.2 Å². The van der Waals surface area contributed by atoms with Gasteiger partial charge in [0.1, 0.15) is 0 Å². The molecule has 0 heterocycles. The number of aliphatic hydroxyl groups is 2. The van der Waals surface area contributed by atoms with Crippen molar-refractivity contribution in [3.63, 3.8) is 0 Å². The highest BCUT2D eigenvalue weighted by molar-refractivity contribution is 4.98. The summed E-state index contributed by atoms with van der Waals surface area (Å²) >= 11 is 0. The summed E-state index contributed by atoms with van der Waals surface area (Å²) in [5, 5.41) is 21.4. The topological polar surface area (TPSA) is 52.5 Å². The zero-order valence-corrected chi connectivity index (χ0v) is 7.93. The summed E-state index contributed by atoms with van der Waals surface area (Å²) in [4.78, 5) is 0. The van der Waals surface area contributed by atoms with E-state index in [0.29, 0.717) is 6.54 Å². The van der Waals surface area contributed by atoms with Gasteiger partial charge in [-0.2, -0.15) is 0 Å². The molecule has 0 atom stereocenters. The van der Waals surface area contributed by atoms with Crippen LogP contribution in [0.5, 0.6) is 0 Å². The van der Waals surface area contributed by atoms with Gasteiger partial charge in [-0.3, -0.25) is 0 Å². The maximum Gasteiger partial charge on any atom is 0.0519 e. The molecule has 1 aliphatic carbocycles. The van der Waals surface area contributed by atoms with Crippen molar-refractivity contribution in [3.05, 3.63) is 0 Å². The Balaban J connectivity index is 2.28. The van der Waals surface area contributed by atoms with Gasteiger partial charge in [-0.25, -0.2) is 0 Å². The molecule has 0 aromatic carbocycles. The molecular formula is C9H19NO2. The molecule has 72 valence electrons. The van der Waals surface area contributed by atoms with E-state index in [4.69, 9.17) is 10.2 Å². The van der Waals surface area contributed by atoms with Gasteiger partial charge in [-0.15, -0.1) is 0 Å². The van der Waals surface area contributed by atoms with Crippen LogP contribution >= 0.6 is 0 Å². The third-order valence-electron chi connectivity index (χ3n) is 2.71. The van der Waals surface area contributed by atoms with Crippen molar-refractivity contribution in [2.45, 2.75) is 32.2 Å². The van der Waals surface area contributed by atoms with Crippen molar-refractivity contribution >= 4 is 0 Å². The second-order valence-electron chi connectivity index (χ2n) is 4.54. The lowest BCUT2D eigenvalue weighted by Gasteiger charge is -2.27. The molecule has 0 aromatic heterocycles. The smallest absolute Gasteiger partial charge is 0.0519 e. The maximum absolute atomic E-state index is 9.00. The Hall–Kier alpha value is -0.120. The molecule has 0 unspecified atom stereocenters. The fourth-order valence-corrected chi connectivity index (χ4v) is 0.953. The summed E-state index contributed by atoms with van der Waals surface area (Å²) in [5.74, 6) is 0. The molecule has 0 amide bonds. The van der Waals surface area contributed by atoms with E-state index < -0.39 is 0 Å². The molecule has 0 aromatic rings. The highest BCUT2D eigenvalue weighted by Crippen LogP contribution is 2.34. The van der Waals surface area contributed by atoms with Gasteiger partial charge >= 0.3 is 0 Å². The van der Waals surface area contributed by atoms with Crippen LogP contribution in [0.1, 0.15) is 26.7 Å². The summed E-state index contributed by atoms with van der Waals surface area (Å²) in [6.07, 6.45) is 2.42. The molecule has 0 radical (unpaired) electrons. The largest absolute Gasteiger partial charge is 0.396 e. The number of aliphatic hydroxyl groups excluding tert-OH is 2. The molecule has 1 fully saturated rings. The van der Waals surface area contributed by atoms with Crippen LogP contribution in [-0.2, 0) is 0 Å².